The SMILES string of the molecule is CC[S@@](=O)c1ccccc1C(=O)OCC(=O)NCc1ccc(N(C)C)cc1. The Morgan fingerprint density at radius 1 is 1.07 bits per heavy atom. The fourth-order valence-electron chi connectivity index (χ4n) is 2.36. The van der Waals surface area contributed by atoms with Crippen LogP contribution in [0.4, 0.5) is 5.69 Å². The number of rotatable bonds is 8. The average Bonchev–Trinajstić information content (AvgIpc) is 2.70. The van der Waals surface area contributed by atoms with Crippen molar-refractivity contribution in [3.05, 3.63) is 59.7 Å². The first-order chi connectivity index (χ1) is 12.9. The number of amides is 1. The zero-order valence-corrected chi connectivity index (χ0v) is 16.5. The molecule has 0 aliphatic carbocycles. The minimum atomic E-state index is -1.28. The van der Waals surface area contributed by atoms with Gasteiger partial charge in [0.1, 0.15) is 0 Å². The standard InChI is InChI=1S/C20H24N2O4S/c1-4-27(25)18-8-6-5-7-17(18)20(24)26-14-19(23)21-13-15-9-11-16(12-10-15)22(2)3/h5-12H,4,13-14H2,1-3H3,(H,21,23)/t27-/m1/s1. The second-order valence-corrected chi connectivity index (χ2v) is 7.75. The molecule has 27 heavy (non-hydrogen) atoms. The van der Waals surface area contributed by atoms with Crippen LogP contribution in [0.2, 0.25) is 0 Å². The Bertz CT molecular complexity index is 819. The number of anilines is 1. The molecule has 7 heteroatoms. The van der Waals surface area contributed by atoms with Gasteiger partial charge in [-0.1, -0.05) is 31.2 Å². The Morgan fingerprint density at radius 2 is 1.74 bits per heavy atom. The molecule has 2 rings (SSSR count). The van der Waals surface area contributed by atoms with Crippen LogP contribution in [0.1, 0.15) is 22.8 Å². The van der Waals surface area contributed by atoms with Gasteiger partial charge in [0.05, 0.1) is 21.3 Å². The number of carbonyl (C=O) groups excluding carboxylic acids is 2. The minimum Gasteiger partial charge on any atom is -0.452 e. The third-order valence-electron chi connectivity index (χ3n) is 3.89. The van der Waals surface area contributed by atoms with Crippen LogP contribution in [-0.4, -0.2) is 42.5 Å². The van der Waals surface area contributed by atoms with Crippen molar-refractivity contribution >= 4 is 28.4 Å². The van der Waals surface area contributed by atoms with Crippen molar-refractivity contribution in [2.75, 3.05) is 31.4 Å². The van der Waals surface area contributed by atoms with Crippen LogP contribution in [0.15, 0.2) is 53.4 Å². The molecular formula is C20H24N2O4S. The maximum atomic E-state index is 12.2. The number of hydrogen-bond donors (Lipinski definition) is 1. The predicted molar refractivity (Wildman–Crippen MR) is 106 cm³/mol. The maximum Gasteiger partial charge on any atom is 0.339 e. The quantitative estimate of drug-likeness (QED) is 0.703. The van der Waals surface area contributed by atoms with Crippen molar-refractivity contribution in [3.8, 4) is 0 Å². The van der Waals surface area contributed by atoms with Crippen molar-refractivity contribution in [1.82, 2.24) is 5.32 Å². The van der Waals surface area contributed by atoms with Gasteiger partial charge in [-0.25, -0.2) is 4.79 Å². The molecule has 0 saturated heterocycles. The van der Waals surface area contributed by atoms with Crippen LogP contribution in [0.5, 0.6) is 0 Å². The molecule has 1 N–H and O–H groups in total. The Morgan fingerprint density at radius 3 is 2.37 bits per heavy atom. The molecule has 144 valence electrons. The van der Waals surface area contributed by atoms with Gasteiger partial charge in [-0.15, -0.1) is 0 Å². The van der Waals surface area contributed by atoms with Crippen LogP contribution in [0, 0.1) is 0 Å². The summed E-state index contributed by atoms with van der Waals surface area (Å²) in [6.45, 7) is 1.74. The molecule has 1 atom stereocenters. The number of hydrogen-bond acceptors (Lipinski definition) is 5. The van der Waals surface area contributed by atoms with E-state index in [1.165, 1.54) is 0 Å². The second-order valence-electron chi connectivity index (χ2n) is 6.04. The van der Waals surface area contributed by atoms with Crippen LogP contribution in [0.3, 0.4) is 0 Å². The molecule has 0 aromatic heterocycles. The number of nitrogens with zero attached hydrogens (tertiary/aromatic N) is 1. The molecule has 0 fully saturated rings. The molecule has 0 aliphatic rings. The van der Waals surface area contributed by atoms with Crippen molar-refractivity contribution in [2.45, 2.75) is 18.4 Å². The minimum absolute atomic E-state index is 0.227. The zero-order valence-electron chi connectivity index (χ0n) is 15.7. The van der Waals surface area contributed by atoms with Gasteiger partial charge in [-0.05, 0) is 29.8 Å². The molecule has 0 aliphatic heterocycles. The summed E-state index contributed by atoms with van der Waals surface area (Å²) >= 11 is 0. The van der Waals surface area contributed by atoms with E-state index >= 15 is 0 Å². The van der Waals surface area contributed by atoms with E-state index in [1.807, 2.05) is 43.3 Å². The van der Waals surface area contributed by atoms with Crippen LogP contribution in [-0.2, 0) is 26.9 Å². The number of ether oxygens (including phenoxy) is 1. The molecule has 2 aromatic rings. The lowest BCUT2D eigenvalue weighted by Crippen LogP contribution is -2.28. The lowest BCUT2D eigenvalue weighted by Gasteiger charge is -2.13. The van der Waals surface area contributed by atoms with Gasteiger partial charge in [0.2, 0.25) is 0 Å². The van der Waals surface area contributed by atoms with Crippen LogP contribution < -0.4 is 10.2 Å². The lowest BCUT2D eigenvalue weighted by atomic mass is 10.2. The van der Waals surface area contributed by atoms with Crippen LogP contribution >= 0.6 is 0 Å². The summed E-state index contributed by atoms with van der Waals surface area (Å²) in [5.74, 6) is -0.649. The summed E-state index contributed by atoms with van der Waals surface area (Å²) in [6, 6.07) is 14.4. The van der Waals surface area contributed by atoms with Gasteiger partial charge in [0, 0.05) is 32.1 Å². The van der Waals surface area contributed by atoms with E-state index in [9.17, 15) is 13.8 Å². The summed E-state index contributed by atoms with van der Waals surface area (Å²) in [6.07, 6.45) is 0. The maximum absolute atomic E-state index is 12.2. The lowest BCUT2D eigenvalue weighted by molar-refractivity contribution is -0.124. The molecule has 0 heterocycles. The first-order valence-corrected chi connectivity index (χ1v) is 9.91. The first kappa shape index (κ1) is 20.6. The molecule has 1 amide bonds. The van der Waals surface area contributed by atoms with E-state index in [-0.39, 0.29) is 12.2 Å². The monoisotopic (exact) mass is 388 g/mol. The highest BCUT2D eigenvalue weighted by molar-refractivity contribution is 7.85. The first-order valence-electron chi connectivity index (χ1n) is 8.60. The smallest absolute Gasteiger partial charge is 0.339 e. The molecular weight excluding hydrogens is 364 g/mol. The van der Waals surface area contributed by atoms with Gasteiger partial charge in [0.25, 0.3) is 5.91 Å². The highest BCUT2D eigenvalue weighted by Crippen LogP contribution is 2.15. The number of nitrogens with one attached hydrogen (secondary N) is 1. The van der Waals surface area contributed by atoms with Gasteiger partial charge in [-0.2, -0.15) is 0 Å². The molecule has 0 saturated carbocycles. The second kappa shape index (κ2) is 9.87. The predicted octanol–water partition coefficient (Wildman–Crippen LogP) is 2.35. The molecule has 0 bridgehead atoms. The normalized spacial score (nSPS) is 11.5. The van der Waals surface area contributed by atoms with E-state index in [0.717, 1.165) is 11.3 Å². The number of benzene rings is 2. The van der Waals surface area contributed by atoms with E-state index < -0.39 is 22.7 Å². The fraction of sp³-hybridized carbons (Fsp3) is 0.300. The molecule has 2 aromatic carbocycles. The topological polar surface area (TPSA) is 75.7 Å². The molecule has 0 radical (unpaired) electrons. The Labute approximate surface area is 162 Å². The van der Waals surface area contributed by atoms with E-state index in [1.54, 1.807) is 31.2 Å². The Kier molecular flexibility index (Phi) is 7.55. The average molecular weight is 388 g/mol. The third-order valence-corrected chi connectivity index (χ3v) is 5.26. The largest absolute Gasteiger partial charge is 0.452 e. The summed E-state index contributed by atoms with van der Waals surface area (Å²) < 4.78 is 17.1. The van der Waals surface area contributed by atoms with Gasteiger partial charge in [-0.3, -0.25) is 9.00 Å². The van der Waals surface area contributed by atoms with E-state index in [0.29, 0.717) is 17.2 Å². The highest BCUT2D eigenvalue weighted by atomic mass is 32.2. The molecule has 0 unspecified atom stereocenters. The van der Waals surface area contributed by atoms with Gasteiger partial charge >= 0.3 is 5.97 Å². The van der Waals surface area contributed by atoms with Crippen molar-refractivity contribution in [1.29, 1.82) is 0 Å². The van der Waals surface area contributed by atoms with Gasteiger partial charge < -0.3 is 15.0 Å². The Hall–Kier alpha value is -2.67. The number of carbonyl (C=O) groups is 2. The number of esters is 1. The third kappa shape index (κ3) is 5.92. The summed E-state index contributed by atoms with van der Waals surface area (Å²) in [4.78, 5) is 26.6. The molecule has 6 nitrogen and oxygen atoms in total. The van der Waals surface area contributed by atoms with Crippen molar-refractivity contribution in [2.24, 2.45) is 0 Å². The highest BCUT2D eigenvalue weighted by Gasteiger charge is 2.17. The van der Waals surface area contributed by atoms with Gasteiger partial charge in [0.15, 0.2) is 6.61 Å². The summed E-state index contributed by atoms with van der Waals surface area (Å²) in [5.41, 5.74) is 2.25. The zero-order chi connectivity index (χ0) is 19.8. The van der Waals surface area contributed by atoms with Crippen LogP contribution in [0.25, 0.3) is 0 Å². The Balaban J connectivity index is 1.87. The molecule has 0 spiro atoms. The van der Waals surface area contributed by atoms with Crippen molar-refractivity contribution in [3.63, 3.8) is 0 Å². The fourth-order valence-corrected chi connectivity index (χ4v) is 3.30. The van der Waals surface area contributed by atoms with E-state index in [4.69, 9.17) is 4.74 Å². The summed E-state index contributed by atoms with van der Waals surface area (Å²) in [7, 11) is 2.64. The van der Waals surface area contributed by atoms with E-state index in [2.05, 4.69) is 5.32 Å². The summed E-state index contributed by atoms with van der Waals surface area (Å²) in [5, 5.41) is 2.71. The van der Waals surface area contributed by atoms with Crippen molar-refractivity contribution < 1.29 is 18.5 Å².